The Kier molecular flexibility index (Phi) is 8.56. The molecule has 1 aromatic heterocycles. The smallest absolute Gasteiger partial charge is 0.242 e. The lowest BCUT2D eigenvalue weighted by atomic mass is 10.1. The molecule has 0 bridgehead atoms. The van der Waals surface area contributed by atoms with Gasteiger partial charge in [-0.2, -0.15) is 0 Å². The molecule has 1 aromatic carbocycles. The topological polar surface area (TPSA) is 47.9 Å². The number of carbonyl (C=O) groups excluding carboxylic acids is 1. The predicted octanol–water partition coefficient (Wildman–Crippen LogP) is 3.72. The number of rotatable bonds is 4. The van der Waals surface area contributed by atoms with E-state index in [2.05, 4.69) is 49.8 Å². The summed E-state index contributed by atoms with van der Waals surface area (Å²) in [5.74, 6) is 0.828. The Bertz CT molecular complexity index is 793. The van der Waals surface area contributed by atoms with E-state index in [-0.39, 0.29) is 36.4 Å². The fraction of sp³-hybridized carbons (Fsp3) is 0.368. The Balaban J connectivity index is 0.00000261. The van der Waals surface area contributed by atoms with E-state index in [1.807, 2.05) is 29.0 Å². The molecule has 0 spiro atoms. The molecule has 1 aliphatic heterocycles. The van der Waals surface area contributed by atoms with Crippen LogP contribution in [0.5, 0.6) is 0 Å². The van der Waals surface area contributed by atoms with Gasteiger partial charge in [-0.25, -0.2) is 0 Å². The molecule has 2 heterocycles. The van der Waals surface area contributed by atoms with Crippen LogP contribution in [0.2, 0.25) is 0 Å². The van der Waals surface area contributed by atoms with E-state index >= 15 is 0 Å². The normalized spacial score (nSPS) is 13.6. The van der Waals surface area contributed by atoms with Crippen molar-refractivity contribution in [2.75, 3.05) is 27.2 Å². The van der Waals surface area contributed by atoms with Gasteiger partial charge in [-0.3, -0.25) is 9.79 Å². The first-order valence-electron chi connectivity index (χ1n) is 8.56. The largest absolute Gasteiger partial charge is 0.347 e. The van der Waals surface area contributed by atoms with Crippen LogP contribution in [-0.2, 0) is 24.3 Å². The SMILES string of the molecule is CN=C(NCC(=O)N1CCc2sccc2C1)N(C)Cc1ccc(Br)cc1.I. The van der Waals surface area contributed by atoms with Gasteiger partial charge in [0.15, 0.2) is 5.96 Å². The molecule has 27 heavy (non-hydrogen) atoms. The molecule has 1 amide bonds. The van der Waals surface area contributed by atoms with Gasteiger partial charge in [-0.05, 0) is 41.1 Å². The molecule has 0 fully saturated rings. The zero-order chi connectivity index (χ0) is 18.5. The van der Waals surface area contributed by atoms with Gasteiger partial charge < -0.3 is 15.1 Å². The van der Waals surface area contributed by atoms with Gasteiger partial charge in [0.1, 0.15) is 0 Å². The van der Waals surface area contributed by atoms with Crippen LogP contribution >= 0.6 is 51.2 Å². The minimum atomic E-state index is 0. The van der Waals surface area contributed by atoms with E-state index in [1.54, 1.807) is 18.4 Å². The average molecular weight is 563 g/mol. The molecule has 0 saturated carbocycles. The molecule has 8 heteroatoms. The molecule has 0 unspecified atom stereocenters. The first-order valence-corrected chi connectivity index (χ1v) is 10.2. The van der Waals surface area contributed by atoms with E-state index in [1.165, 1.54) is 16.0 Å². The summed E-state index contributed by atoms with van der Waals surface area (Å²) < 4.78 is 1.06. The standard InChI is InChI=1S/C19H23BrN4OS.HI/c1-21-19(23(2)12-14-3-5-16(20)6-4-14)22-11-18(25)24-9-7-17-15(13-24)8-10-26-17;/h3-6,8,10H,7,9,11-13H2,1-2H3,(H,21,22);1H. The number of nitrogens with one attached hydrogen (secondary N) is 1. The summed E-state index contributed by atoms with van der Waals surface area (Å²) in [5.41, 5.74) is 2.47. The lowest BCUT2D eigenvalue weighted by Gasteiger charge is -2.28. The van der Waals surface area contributed by atoms with Crippen molar-refractivity contribution in [3.63, 3.8) is 0 Å². The van der Waals surface area contributed by atoms with Crippen LogP contribution in [0.25, 0.3) is 0 Å². The van der Waals surface area contributed by atoms with Gasteiger partial charge in [0.05, 0.1) is 6.54 Å². The molecule has 2 aromatic rings. The summed E-state index contributed by atoms with van der Waals surface area (Å²) in [6.07, 6.45) is 0.955. The highest BCUT2D eigenvalue weighted by molar-refractivity contribution is 14.0. The number of hydrogen-bond donors (Lipinski definition) is 1. The second-order valence-electron chi connectivity index (χ2n) is 6.32. The van der Waals surface area contributed by atoms with Gasteiger partial charge in [0, 0.05) is 43.1 Å². The van der Waals surface area contributed by atoms with Crippen LogP contribution in [-0.4, -0.2) is 48.9 Å². The number of thiophene rings is 1. The average Bonchev–Trinajstić information content (AvgIpc) is 3.11. The number of nitrogens with zero attached hydrogens (tertiary/aromatic N) is 3. The van der Waals surface area contributed by atoms with Crippen LogP contribution in [0, 0.1) is 0 Å². The Labute approximate surface area is 190 Å². The molecule has 1 aliphatic rings. The van der Waals surface area contributed by atoms with Crippen molar-refractivity contribution < 1.29 is 4.79 Å². The number of fused-ring (bicyclic) bond motifs is 1. The lowest BCUT2D eigenvalue weighted by Crippen LogP contribution is -2.46. The second-order valence-corrected chi connectivity index (χ2v) is 8.23. The number of carbonyl (C=O) groups is 1. The first kappa shape index (κ1) is 22.2. The fourth-order valence-corrected chi connectivity index (χ4v) is 4.21. The van der Waals surface area contributed by atoms with Gasteiger partial charge in [0.25, 0.3) is 0 Å². The van der Waals surface area contributed by atoms with Crippen LogP contribution in [0.3, 0.4) is 0 Å². The molecule has 0 atom stereocenters. The van der Waals surface area contributed by atoms with Crippen LogP contribution in [0.15, 0.2) is 45.2 Å². The molecule has 0 aliphatic carbocycles. The van der Waals surface area contributed by atoms with Crippen molar-refractivity contribution in [3.05, 3.63) is 56.2 Å². The molecule has 146 valence electrons. The Morgan fingerprint density at radius 1 is 1.33 bits per heavy atom. The number of halogens is 2. The quantitative estimate of drug-likeness (QED) is 0.351. The maximum absolute atomic E-state index is 12.6. The molecular formula is C19H24BrIN4OS. The third-order valence-corrected chi connectivity index (χ3v) is 6.02. The second kappa shape index (κ2) is 10.4. The Morgan fingerprint density at radius 3 is 2.78 bits per heavy atom. The van der Waals surface area contributed by atoms with Crippen molar-refractivity contribution in [2.24, 2.45) is 4.99 Å². The van der Waals surface area contributed by atoms with E-state index in [0.29, 0.717) is 6.54 Å². The number of hydrogen-bond acceptors (Lipinski definition) is 3. The van der Waals surface area contributed by atoms with Crippen LogP contribution in [0.4, 0.5) is 0 Å². The maximum Gasteiger partial charge on any atom is 0.242 e. The molecule has 3 rings (SSSR count). The number of guanidine groups is 1. The molecule has 5 nitrogen and oxygen atoms in total. The third-order valence-electron chi connectivity index (χ3n) is 4.46. The van der Waals surface area contributed by atoms with Gasteiger partial charge in [-0.15, -0.1) is 35.3 Å². The lowest BCUT2D eigenvalue weighted by molar-refractivity contribution is -0.130. The Hall–Kier alpha value is -1.13. The van der Waals surface area contributed by atoms with E-state index in [9.17, 15) is 4.79 Å². The van der Waals surface area contributed by atoms with E-state index in [0.717, 1.165) is 29.9 Å². The monoisotopic (exact) mass is 562 g/mol. The Morgan fingerprint density at radius 2 is 2.07 bits per heavy atom. The number of benzene rings is 1. The molecule has 0 saturated heterocycles. The minimum Gasteiger partial charge on any atom is -0.347 e. The van der Waals surface area contributed by atoms with Gasteiger partial charge >= 0.3 is 0 Å². The summed E-state index contributed by atoms with van der Waals surface area (Å²) in [4.78, 5) is 22.2. The van der Waals surface area contributed by atoms with Crippen molar-refractivity contribution >= 4 is 63.1 Å². The van der Waals surface area contributed by atoms with Crippen molar-refractivity contribution in [2.45, 2.75) is 19.5 Å². The minimum absolute atomic E-state index is 0. The van der Waals surface area contributed by atoms with Crippen LogP contribution in [0.1, 0.15) is 16.0 Å². The summed E-state index contributed by atoms with van der Waals surface area (Å²) in [5, 5.41) is 5.30. The van der Waals surface area contributed by atoms with Crippen LogP contribution < -0.4 is 5.32 Å². The predicted molar refractivity (Wildman–Crippen MR) is 126 cm³/mol. The van der Waals surface area contributed by atoms with E-state index < -0.39 is 0 Å². The van der Waals surface area contributed by atoms with Crippen molar-refractivity contribution in [1.29, 1.82) is 0 Å². The zero-order valence-electron chi connectivity index (χ0n) is 15.4. The van der Waals surface area contributed by atoms with Gasteiger partial charge in [-0.1, -0.05) is 28.1 Å². The number of aliphatic imine (C=N–C) groups is 1. The summed E-state index contributed by atoms with van der Waals surface area (Å²) in [7, 11) is 3.71. The summed E-state index contributed by atoms with van der Waals surface area (Å²) in [6.45, 7) is 2.49. The molecule has 1 N–H and O–H groups in total. The zero-order valence-corrected chi connectivity index (χ0v) is 20.2. The summed E-state index contributed by atoms with van der Waals surface area (Å²) >= 11 is 5.23. The highest BCUT2D eigenvalue weighted by Crippen LogP contribution is 2.23. The molecule has 0 radical (unpaired) electrons. The van der Waals surface area contributed by atoms with Gasteiger partial charge in [0.2, 0.25) is 5.91 Å². The van der Waals surface area contributed by atoms with Crippen molar-refractivity contribution in [3.8, 4) is 0 Å². The fourth-order valence-electron chi connectivity index (χ4n) is 3.05. The third kappa shape index (κ3) is 5.92. The number of amides is 1. The highest BCUT2D eigenvalue weighted by Gasteiger charge is 2.21. The van der Waals surface area contributed by atoms with Crippen molar-refractivity contribution in [1.82, 2.24) is 15.1 Å². The molecular weight excluding hydrogens is 539 g/mol. The summed E-state index contributed by atoms with van der Waals surface area (Å²) in [6, 6.07) is 10.3. The maximum atomic E-state index is 12.6. The first-order chi connectivity index (χ1) is 12.6. The highest BCUT2D eigenvalue weighted by atomic mass is 127. The van der Waals surface area contributed by atoms with E-state index in [4.69, 9.17) is 0 Å².